The van der Waals surface area contributed by atoms with Crippen LogP contribution in [0.2, 0.25) is 0 Å². The molecule has 0 saturated carbocycles. The minimum absolute atomic E-state index is 0.390. The zero-order chi connectivity index (χ0) is 11.2. The van der Waals surface area contributed by atoms with Crippen molar-refractivity contribution in [2.24, 2.45) is 0 Å². The molecule has 2 atom stereocenters. The van der Waals surface area contributed by atoms with Gasteiger partial charge in [0.05, 0.1) is 0 Å². The number of unbranched alkanes of at least 4 members (excludes halogenated alkanes) is 3. The predicted octanol–water partition coefficient (Wildman–Crippen LogP) is 2.55. The monoisotopic (exact) mass is 223 g/mol. The number of nitro groups is 1. The summed E-state index contributed by atoms with van der Waals surface area (Å²) in [5.74, 6) is 0. The third kappa shape index (κ3) is 4.24. The lowest BCUT2D eigenvalue weighted by Gasteiger charge is -2.19. The highest BCUT2D eigenvalue weighted by Gasteiger charge is 2.42. The molecule has 14 heavy (non-hydrogen) atoms. The average molecular weight is 224 g/mol. The first-order valence-corrected chi connectivity index (χ1v) is 5.32. The highest BCUT2D eigenvalue weighted by molar-refractivity contribution is 6.22. The zero-order valence-electron chi connectivity index (χ0n) is 8.70. The van der Waals surface area contributed by atoms with E-state index in [1.54, 1.807) is 0 Å². The summed E-state index contributed by atoms with van der Waals surface area (Å²) in [4.78, 5) is 8.08. The predicted molar refractivity (Wildman–Crippen MR) is 56.0 cm³/mol. The number of aliphatic hydroxyl groups excluding tert-OH is 1. The van der Waals surface area contributed by atoms with Gasteiger partial charge in [0.2, 0.25) is 0 Å². The molecule has 0 aliphatic carbocycles. The van der Waals surface area contributed by atoms with Crippen LogP contribution in [0.1, 0.15) is 46.0 Å². The van der Waals surface area contributed by atoms with Gasteiger partial charge in [-0.3, -0.25) is 10.1 Å². The van der Waals surface area contributed by atoms with Gasteiger partial charge >= 0.3 is 5.00 Å². The summed E-state index contributed by atoms with van der Waals surface area (Å²) in [5.41, 5.74) is 0. The van der Waals surface area contributed by atoms with E-state index in [4.69, 9.17) is 11.6 Å². The Morgan fingerprint density at radius 2 is 2.07 bits per heavy atom. The van der Waals surface area contributed by atoms with Crippen molar-refractivity contribution in [2.45, 2.75) is 57.1 Å². The van der Waals surface area contributed by atoms with E-state index in [2.05, 4.69) is 6.92 Å². The van der Waals surface area contributed by atoms with Gasteiger partial charge in [-0.1, -0.05) is 32.6 Å². The van der Waals surface area contributed by atoms with Crippen LogP contribution >= 0.6 is 11.6 Å². The molecule has 0 aromatic heterocycles. The Bertz CT molecular complexity index is 185. The summed E-state index contributed by atoms with van der Waals surface area (Å²) in [6.45, 7) is 3.32. The topological polar surface area (TPSA) is 63.4 Å². The van der Waals surface area contributed by atoms with E-state index in [9.17, 15) is 15.2 Å². The molecule has 0 rings (SSSR count). The number of halogens is 1. The lowest BCUT2D eigenvalue weighted by molar-refractivity contribution is -0.549. The average Bonchev–Trinajstić information content (AvgIpc) is 2.11. The van der Waals surface area contributed by atoms with E-state index >= 15 is 0 Å². The van der Waals surface area contributed by atoms with Crippen molar-refractivity contribution in [1.29, 1.82) is 0 Å². The first-order valence-electron chi connectivity index (χ1n) is 4.94. The fourth-order valence-electron chi connectivity index (χ4n) is 1.15. The van der Waals surface area contributed by atoms with Crippen LogP contribution < -0.4 is 0 Å². The Labute approximate surface area is 89.4 Å². The fraction of sp³-hybridized carbons (Fsp3) is 1.00. The van der Waals surface area contributed by atoms with E-state index in [0.717, 1.165) is 25.7 Å². The van der Waals surface area contributed by atoms with E-state index < -0.39 is 16.0 Å². The van der Waals surface area contributed by atoms with Crippen LogP contribution in [-0.4, -0.2) is 21.1 Å². The van der Waals surface area contributed by atoms with E-state index in [1.807, 2.05) is 0 Å². The molecule has 0 saturated heterocycles. The SMILES string of the molecule is CCCCCCC(O)C(C)(Cl)[N+](=O)[O-]. The number of aliphatic hydroxyl groups is 1. The quantitative estimate of drug-likeness (QED) is 0.237. The molecule has 5 heteroatoms. The molecule has 0 aromatic rings. The van der Waals surface area contributed by atoms with Crippen molar-refractivity contribution in [3.63, 3.8) is 0 Å². The number of alkyl halides is 1. The van der Waals surface area contributed by atoms with Crippen molar-refractivity contribution in [3.8, 4) is 0 Å². The maximum atomic E-state index is 10.5. The molecule has 0 radical (unpaired) electrons. The van der Waals surface area contributed by atoms with Gasteiger partial charge in [0, 0.05) is 11.8 Å². The van der Waals surface area contributed by atoms with Gasteiger partial charge in [-0.25, -0.2) is 0 Å². The standard InChI is InChI=1S/C9H18ClNO3/c1-3-4-5-6-7-8(12)9(2,10)11(13)14/h8,12H,3-7H2,1-2H3. The molecule has 0 heterocycles. The maximum absolute atomic E-state index is 10.5. The van der Waals surface area contributed by atoms with Gasteiger partial charge in [-0.15, -0.1) is 0 Å². The van der Waals surface area contributed by atoms with E-state index in [1.165, 1.54) is 6.92 Å². The molecule has 0 amide bonds. The second-order valence-corrected chi connectivity index (χ2v) is 4.41. The molecular formula is C9H18ClNO3. The molecule has 0 aromatic carbocycles. The molecule has 84 valence electrons. The van der Waals surface area contributed by atoms with Gasteiger partial charge in [0.15, 0.2) is 0 Å². The smallest absolute Gasteiger partial charge is 0.317 e. The molecule has 2 unspecified atom stereocenters. The highest BCUT2D eigenvalue weighted by Crippen LogP contribution is 2.23. The molecule has 0 fully saturated rings. The van der Waals surface area contributed by atoms with Crippen LogP contribution in [0.25, 0.3) is 0 Å². The first kappa shape index (κ1) is 13.7. The summed E-state index contributed by atoms with van der Waals surface area (Å²) >= 11 is 5.59. The third-order valence-corrected chi connectivity index (χ3v) is 2.69. The highest BCUT2D eigenvalue weighted by atomic mass is 35.5. The summed E-state index contributed by atoms with van der Waals surface area (Å²) in [5, 5.41) is 19.9. The number of hydrogen-bond donors (Lipinski definition) is 1. The second kappa shape index (κ2) is 6.19. The maximum Gasteiger partial charge on any atom is 0.317 e. The third-order valence-electron chi connectivity index (χ3n) is 2.30. The van der Waals surface area contributed by atoms with Crippen molar-refractivity contribution < 1.29 is 10.0 Å². The second-order valence-electron chi connectivity index (χ2n) is 3.65. The minimum Gasteiger partial charge on any atom is -0.384 e. The zero-order valence-corrected chi connectivity index (χ0v) is 9.46. The first-order chi connectivity index (χ1) is 6.42. The summed E-state index contributed by atoms with van der Waals surface area (Å²) in [7, 11) is 0. The molecule has 0 aliphatic rings. The lowest BCUT2D eigenvalue weighted by atomic mass is 10.0. The van der Waals surface area contributed by atoms with E-state index in [0.29, 0.717) is 6.42 Å². The van der Waals surface area contributed by atoms with Crippen molar-refractivity contribution in [1.82, 2.24) is 0 Å². The number of hydrogen-bond acceptors (Lipinski definition) is 3. The molecule has 4 nitrogen and oxygen atoms in total. The van der Waals surface area contributed by atoms with Gasteiger partial charge in [-0.2, -0.15) is 0 Å². The van der Waals surface area contributed by atoms with Crippen LogP contribution in [0.5, 0.6) is 0 Å². The summed E-state index contributed by atoms with van der Waals surface area (Å²) in [6, 6.07) is 0. The van der Waals surface area contributed by atoms with Gasteiger partial charge in [0.1, 0.15) is 6.10 Å². The Morgan fingerprint density at radius 3 is 2.50 bits per heavy atom. The Kier molecular flexibility index (Phi) is 6.04. The molecule has 0 spiro atoms. The molecular weight excluding hydrogens is 206 g/mol. The Balaban J connectivity index is 3.83. The van der Waals surface area contributed by atoms with Crippen LogP contribution in [0.4, 0.5) is 0 Å². The largest absolute Gasteiger partial charge is 0.384 e. The van der Waals surface area contributed by atoms with Crippen LogP contribution in [0.3, 0.4) is 0 Å². The lowest BCUT2D eigenvalue weighted by Crippen LogP contribution is -2.41. The van der Waals surface area contributed by atoms with Gasteiger partial charge in [0.25, 0.3) is 0 Å². The fourth-order valence-corrected chi connectivity index (χ4v) is 1.26. The molecule has 1 N–H and O–H groups in total. The number of rotatable bonds is 7. The van der Waals surface area contributed by atoms with Crippen LogP contribution in [0, 0.1) is 10.1 Å². The number of nitrogens with zero attached hydrogens (tertiary/aromatic N) is 1. The van der Waals surface area contributed by atoms with Gasteiger partial charge in [-0.05, 0) is 18.0 Å². The summed E-state index contributed by atoms with van der Waals surface area (Å²) in [6.07, 6.45) is 3.27. The van der Waals surface area contributed by atoms with Gasteiger partial charge < -0.3 is 5.11 Å². The van der Waals surface area contributed by atoms with Crippen molar-refractivity contribution >= 4 is 11.6 Å². The minimum atomic E-state index is -1.74. The Morgan fingerprint density at radius 1 is 1.50 bits per heavy atom. The van der Waals surface area contributed by atoms with Crippen molar-refractivity contribution in [2.75, 3.05) is 0 Å². The molecule has 0 aliphatic heterocycles. The van der Waals surface area contributed by atoms with Crippen LogP contribution in [0.15, 0.2) is 0 Å². The summed E-state index contributed by atoms with van der Waals surface area (Å²) < 4.78 is 0. The van der Waals surface area contributed by atoms with E-state index in [-0.39, 0.29) is 0 Å². The van der Waals surface area contributed by atoms with Crippen molar-refractivity contribution in [3.05, 3.63) is 10.1 Å². The normalized spacial score (nSPS) is 17.4. The molecule has 0 bridgehead atoms. The van der Waals surface area contributed by atoms with Crippen LogP contribution in [-0.2, 0) is 0 Å². The Hall–Kier alpha value is -0.350.